The summed E-state index contributed by atoms with van der Waals surface area (Å²) in [6, 6.07) is 6.33. The highest BCUT2D eigenvalue weighted by molar-refractivity contribution is 8.26. The van der Waals surface area contributed by atoms with Crippen LogP contribution in [0.1, 0.15) is 50.5 Å². The van der Waals surface area contributed by atoms with Crippen LogP contribution in [-0.2, 0) is 9.59 Å². The summed E-state index contributed by atoms with van der Waals surface area (Å²) < 4.78 is 14.3. The van der Waals surface area contributed by atoms with Crippen LogP contribution in [-0.4, -0.2) is 33.1 Å². The molecule has 4 nitrogen and oxygen atoms in total. The van der Waals surface area contributed by atoms with E-state index in [4.69, 9.17) is 12.2 Å². The van der Waals surface area contributed by atoms with Gasteiger partial charge in [0, 0.05) is 24.1 Å². The number of carbonyl (C=O) groups excluding carboxylic acids is 2. The van der Waals surface area contributed by atoms with Crippen molar-refractivity contribution in [2.45, 2.75) is 50.5 Å². The Morgan fingerprint density at radius 2 is 1.83 bits per heavy atom. The summed E-state index contributed by atoms with van der Waals surface area (Å²) in [7, 11) is 0. The molecule has 6 rings (SSSR count). The Hall–Kier alpha value is -1.73. The monoisotopic (exact) mass is 444 g/mol. The van der Waals surface area contributed by atoms with E-state index in [9.17, 15) is 14.0 Å². The second kappa shape index (κ2) is 7.75. The van der Waals surface area contributed by atoms with Crippen molar-refractivity contribution >= 4 is 46.2 Å². The van der Waals surface area contributed by atoms with Crippen LogP contribution in [0, 0.1) is 23.6 Å². The van der Waals surface area contributed by atoms with Gasteiger partial charge < -0.3 is 5.32 Å². The first kappa shape index (κ1) is 20.2. The smallest absolute Gasteiger partial charge is 0.266 e. The summed E-state index contributed by atoms with van der Waals surface area (Å²) in [6.45, 7) is 0.261. The molecule has 1 heterocycles. The summed E-state index contributed by atoms with van der Waals surface area (Å²) in [5.41, 5.74) is 0.337. The Kier molecular flexibility index (Phi) is 5.22. The van der Waals surface area contributed by atoms with Crippen molar-refractivity contribution in [1.29, 1.82) is 0 Å². The largest absolute Gasteiger partial charge is 0.351 e. The third kappa shape index (κ3) is 3.82. The molecular formula is C23H25FN2O2S2. The van der Waals surface area contributed by atoms with E-state index in [1.54, 1.807) is 18.2 Å². The van der Waals surface area contributed by atoms with Crippen LogP contribution in [0.4, 0.5) is 4.39 Å². The van der Waals surface area contributed by atoms with Crippen molar-refractivity contribution < 1.29 is 14.0 Å². The quantitative estimate of drug-likeness (QED) is 0.537. The first-order chi connectivity index (χ1) is 14.4. The van der Waals surface area contributed by atoms with Crippen LogP contribution in [0.2, 0.25) is 0 Å². The molecule has 1 aromatic carbocycles. The SMILES string of the molecule is O=C(CCN1C(=O)/C(=C/c2ccccc2F)SC1=S)NC12CC3CC(CC(C3)C1)C2. The van der Waals surface area contributed by atoms with E-state index in [1.807, 2.05) is 0 Å². The number of carbonyl (C=O) groups is 2. The van der Waals surface area contributed by atoms with Crippen molar-refractivity contribution in [3.8, 4) is 0 Å². The van der Waals surface area contributed by atoms with E-state index in [0.29, 0.717) is 14.8 Å². The molecule has 4 saturated carbocycles. The average molecular weight is 445 g/mol. The Labute approximate surface area is 185 Å². The van der Waals surface area contributed by atoms with Gasteiger partial charge in [0.15, 0.2) is 0 Å². The van der Waals surface area contributed by atoms with Crippen LogP contribution < -0.4 is 5.32 Å². The van der Waals surface area contributed by atoms with Gasteiger partial charge in [-0.2, -0.15) is 0 Å². The Morgan fingerprint density at radius 3 is 2.47 bits per heavy atom. The van der Waals surface area contributed by atoms with Crippen molar-refractivity contribution in [2.24, 2.45) is 17.8 Å². The van der Waals surface area contributed by atoms with E-state index in [1.165, 1.54) is 36.3 Å². The Bertz CT molecular complexity index is 910. The molecule has 0 atom stereocenters. The van der Waals surface area contributed by atoms with Crippen LogP contribution in [0.15, 0.2) is 29.2 Å². The summed E-state index contributed by atoms with van der Waals surface area (Å²) in [6.07, 6.45) is 9.09. The van der Waals surface area contributed by atoms with E-state index in [2.05, 4.69) is 5.32 Å². The number of benzene rings is 1. The number of nitrogens with one attached hydrogen (secondary N) is 1. The predicted molar refractivity (Wildman–Crippen MR) is 120 cm³/mol. The van der Waals surface area contributed by atoms with Gasteiger partial charge >= 0.3 is 0 Å². The highest BCUT2D eigenvalue weighted by Gasteiger charge is 2.51. The molecule has 158 valence electrons. The molecule has 1 aliphatic heterocycles. The lowest BCUT2D eigenvalue weighted by Crippen LogP contribution is -2.60. The molecule has 4 bridgehead atoms. The van der Waals surface area contributed by atoms with Crippen LogP contribution >= 0.6 is 24.0 Å². The lowest BCUT2D eigenvalue weighted by molar-refractivity contribution is -0.127. The predicted octanol–water partition coefficient (Wildman–Crippen LogP) is 4.50. The molecule has 0 aromatic heterocycles. The zero-order valence-corrected chi connectivity index (χ0v) is 18.4. The molecule has 5 aliphatic rings. The van der Waals surface area contributed by atoms with E-state index in [0.717, 1.165) is 48.8 Å². The number of nitrogens with zero attached hydrogens (tertiary/aromatic N) is 1. The number of halogens is 1. The topological polar surface area (TPSA) is 49.4 Å². The number of amides is 2. The highest BCUT2D eigenvalue weighted by Crippen LogP contribution is 2.55. The van der Waals surface area contributed by atoms with Crippen molar-refractivity contribution in [2.75, 3.05) is 6.54 Å². The van der Waals surface area contributed by atoms with Gasteiger partial charge in [-0.3, -0.25) is 14.5 Å². The molecule has 1 N–H and O–H groups in total. The molecule has 2 amide bonds. The minimum atomic E-state index is -0.377. The molecular weight excluding hydrogens is 419 g/mol. The molecule has 1 saturated heterocycles. The summed E-state index contributed by atoms with van der Waals surface area (Å²) in [5.74, 6) is 1.68. The minimum absolute atomic E-state index is 0.00378. The van der Waals surface area contributed by atoms with Gasteiger partial charge in [-0.05, 0) is 68.4 Å². The fraction of sp³-hybridized carbons (Fsp3) is 0.522. The molecule has 0 spiro atoms. The summed E-state index contributed by atoms with van der Waals surface area (Å²) in [4.78, 5) is 27.4. The fourth-order valence-corrected chi connectivity index (χ4v) is 7.56. The molecule has 0 radical (unpaired) electrons. The molecule has 4 aliphatic carbocycles. The molecule has 30 heavy (non-hydrogen) atoms. The molecule has 5 fully saturated rings. The van der Waals surface area contributed by atoms with E-state index >= 15 is 0 Å². The zero-order valence-electron chi connectivity index (χ0n) is 16.7. The van der Waals surface area contributed by atoms with Crippen molar-refractivity contribution in [1.82, 2.24) is 10.2 Å². The second-order valence-electron chi connectivity index (χ2n) is 9.35. The number of hydrogen-bond acceptors (Lipinski definition) is 4. The highest BCUT2D eigenvalue weighted by atomic mass is 32.2. The summed E-state index contributed by atoms with van der Waals surface area (Å²) >= 11 is 6.51. The summed E-state index contributed by atoms with van der Waals surface area (Å²) in [5, 5.41) is 3.35. The van der Waals surface area contributed by atoms with Crippen LogP contribution in [0.3, 0.4) is 0 Å². The average Bonchev–Trinajstić information content (AvgIpc) is 2.93. The maximum atomic E-state index is 13.9. The Balaban J connectivity index is 1.20. The molecule has 0 unspecified atom stereocenters. The number of rotatable bonds is 5. The third-order valence-corrected chi connectivity index (χ3v) is 8.45. The number of hydrogen-bond donors (Lipinski definition) is 1. The van der Waals surface area contributed by atoms with E-state index < -0.39 is 0 Å². The van der Waals surface area contributed by atoms with E-state index in [-0.39, 0.29) is 36.1 Å². The molecule has 7 heteroatoms. The zero-order chi connectivity index (χ0) is 20.9. The lowest BCUT2D eigenvalue weighted by atomic mass is 9.53. The van der Waals surface area contributed by atoms with Gasteiger partial charge in [0.2, 0.25) is 5.91 Å². The Morgan fingerprint density at radius 1 is 1.20 bits per heavy atom. The maximum absolute atomic E-state index is 13.9. The van der Waals surface area contributed by atoms with Gasteiger partial charge in [0.1, 0.15) is 10.1 Å². The van der Waals surface area contributed by atoms with Crippen molar-refractivity contribution in [3.05, 3.63) is 40.6 Å². The van der Waals surface area contributed by atoms with Crippen LogP contribution in [0.5, 0.6) is 0 Å². The van der Waals surface area contributed by atoms with Gasteiger partial charge in [0.05, 0.1) is 4.91 Å². The van der Waals surface area contributed by atoms with Gasteiger partial charge in [-0.15, -0.1) is 0 Å². The number of thioether (sulfide) groups is 1. The van der Waals surface area contributed by atoms with Gasteiger partial charge in [0.25, 0.3) is 5.91 Å². The first-order valence-corrected chi connectivity index (χ1v) is 11.9. The van der Waals surface area contributed by atoms with Gasteiger partial charge in [-0.1, -0.05) is 42.2 Å². The third-order valence-electron chi connectivity index (χ3n) is 7.07. The molecule has 1 aromatic rings. The maximum Gasteiger partial charge on any atom is 0.266 e. The number of thiocarbonyl (C=S) groups is 1. The van der Waals surface area contributed by atoms with Crippen LogP contribution in [0.25, 0.3) is 6.08 Å². The minimum Gasteiger partial charge on any atom is -0.351 e. The standard InChI is InChI=1S/C23H25FN2O2S2/c24-18-4-2-1-3-17(18)10-19-21(28)26(22(29)30-19)6-5-20(27)25-23-11-14-7-15(12-23)9-16(8-14)13-23/h1-4,10,14-16H,5-9,11-13H2,(H,25,27)/b19-10-. The first-order valence-electron chi connectivity index (χ1n) is 10.7. The van der Waals surface area contributed by atoms with Crippen molar-refractivity contribution in [3.63, 3.8) is 0 Å². The fourth-order valence-electron chi connectivity index (χ4n) is 6.26. The van der Waals surface area contributed by atoms with Gasteiger partial charge in [-0.25, -0.2) is 4.39 Å². The lowest BCUT2D eigenvalue weighted by Gasteiger charge is -2.57. The second-order valence-corrected chi connectivity index (χ2v) is 11.0. The normalized spacial score (nSPS) is 33.6.